The molecule has 0 saturated heterocycles. The van der Waals surface area contributed by atoms with E-state index in [1.54, 1.807) is 6.07 Å². The first-order valence-electron chi connectivity index (χ1n) is 7.90. The number of hydrogen-bond donors (Lipinski definition) is 2. The van der Waals surface area contributed by atoms with Crippen LogP contribution < -0.4 is 15.6 Å². The number of amides is 2. The summed E-state index contributed by atoms with van der Waals surface area (Å²) < 4.78 is 5.37. The van der Waals surface area contributed by atoms with E-state index in [1.165, 1.54) is 19.3 Å². The monoisotopic (exact) mass is 304 g/mol. The van der Waals surface area contributed by atoms with E-state index in [4.69, 9.17) is 4.74 Å². The van der Waals surface area contributed by atoms with E-state index in [0.717, 1.165) is 18.4 Å². The predicted octanol–water partition coefficient (Wildman–Crippen LogP) is 2.49. The van der Waals surface area contributed by atoms with E-state index < -0.39 is 0 Å². The third-order valence-electron chi connectivity index (χ3n) is 3.90. The van der Waals surface area contributed by atoms with Gasteiger partial charge in [-0.2, -0.15) is 0 Å². The maximum absolute atomic E-state index is 11.8. The summed E-state index contributed by atoms with van der Waals surface area (Å²) in [5.41, 5.74) is 5.92. The van der Waals surface area contributed by atoms with Crippen molar-refractivity contribution in [3.8, 4) is 5.75 Å². The van der Waals surface area contributed by atoms with Gasteiger partial charge in [0.25, 0.3) is 5.91 Å². The molecule has 1 aliphatic carbocycles. The normalized spacial score (nSPS) is 15.1. The van der Waals surface area contributed by atoms with Crippen molar-refractivity contribution in [1.29, 1.82) is 0 Å². The van der Waals surface area contributed by atoms with Crippen LogP contribution in [0.5, 0.6) is 5.75 Å². The van der Waals surface area contributed by atoms with E-state index in [9.17, 15) is 9.59 Å². The van der Waals surface area contributed by atoms with Gasteiger partial charge in [-0.3, -0.25) is 20.4 Å². The molecule has 0 heterocycles. The van der Waals surface area contributed by atoms with Gasteiger partial charge in [0.2, 0.25) is 5.91 Å². The summed E-state index contributed by atoms with van der Waals surface area (Å²) in [5, 5.41) is 0. The van der Waals surface area contributed by atoms with Gasteiger partial charge in [0.05, 0.1) is 0 Å². The minimum absolute atomic E-state index is 0.118. The molecule has 5 heteroatoms. The third-order valence-corrected chi connectivity index (χ3v) is 3.90. The van der Waals surface area contributed by atoms with E-state index in [-0.39, 0.29) is 18.4 Å². The van der Waals surface area contributed by atoms with Gasteiger partial charge in [-0.05, 0) is 43.4 Å². The van der Waals surface area contributed by atoms with Crippen LogP contribution in [-0.2, 0) is 9.59 Å². The summed E-state index contributed by atoms with van der Waals surface area (Å²) in [7, 11) is 0. The zero-order valence-corrected chi connectivity index (χ0v) is 13.1. The number of benzene rings is 1. The summed E-state index contributed by atoms with van der Waals surface area (Å²) in [6.45, 7) is 1.84. The number of carbonyl (C=O) groups excluding carboxylic acids is 2. The minimum atomic E-state index is -0.362. The lowest BCUT2D eigenvalue weighted by molar-refractivity contribution is -0.130. The molecule has 120 valence electrons. The van der Waals surface area contributed by atoms with Crippen molar-refractivity contribution >= 4 is 11.8 Å². The Morgan fingerprint density at radius 2 is 1.86 bits per heavy atom. The van der Waals surface area contributed by atoms with Crippen LogP contribution in [0.1, 0.15) is 44.1 Å². The van der Waals surface area contributed by atoms with Crippen LogP contribution in [0.2, 0.25) is 0 Å². The zero-order valence-electron chi connectivity index (χ0n) is 13.1. The average molecular weight is 304 g/mol. The highest BCUT2D eigenvalue weighted by atomic mass is 16.5. The SMILES string of the molecule is Cc1cccc(OCC(=O)NNC(=O)CC2CCCCC2)c1. The molecule has 2 N–H and O–H groups in total. The van der Waals surface area contributed by atoms with Crippen LogP contribution in [-0.4, -0.2) is 18.4 Å². The summed E-state index contributed by atoms with van der Waals surface area (Å²) in [6.07, 6.45) is 6.38. The van der Waals surface area contributed by atoms with Crippen LogP contribution in [0.3, 0.4) is 0 Å². The van der Waals surface area contributed by atoms with E-state index in [0.29, 0.717) is 18.1 Å². The van der Waals surface area contributed by atoms with Gasteiger partial charge in [0.15, 0.2) is 6.61 Å². The molecule has 0 aliphatic heterocycles. The average Bonchev–Trinajstić information content (AvgIpc) is 2.52. The third kappa shape index (κ3) is 5.76. The Morgan fingerprint density at radius 1 is 1.14 bits per heavy atom. The van der Waals surface area contributed by atoms with Gasteiger partial charge in [-0.15, -0.1) is 0 Å². The summed E-state index contributed by atoms with van der Waals surface area (Å²) in [5.74, 6) is 0.604. The van der Waals surface area contributed by atoms with E-state index in [1.807, 2.05) is 25.1 Å². The van der Waals surface area contributed by atoms with Crippen molar-refractivity contribution in [3.05, 3.63) is 29.8 Å². The summed E-state index contributed by atoms with van der Waals surface area (Å²) >= 11 is 0. The predicted molar refractivity (Wildman–Crippen MR) is 84.2 cm³/mol. The number of carbonyl (C=O) groups is 2. The van der Waals surface area contributed by atoms with Crippen LogP contribution in [0.4, 0.5) is 0 Å². The maximum atomic E-state index is 11.8. The molecule has 0 bridgehead atoms. The van der Waals surface area contributed by atoms with Crippen molar-refractivity contribution in [3.63, 3.8) is 0 Å². The number of hydrazine groups is 1. The Balaban J connectivity index is 1.63. The first-order valence-corrected chi connectivity index (χ1v) is 7.90. The van der Waals surface area contributed by atoms with Crippen LogP contribution in [0.25, 0.3) is 0 Å². The fourth-order valence-electron chi connectivity index (χ4n) is 2.73. The zero-order chi connectivity index (χ0) is 15.8. The van der Waals surface area contributed by atoms with Crippen molar-refractivity contribution in [2.75, 3.05) is 6.61 Å². The standard InChI is InChI=1S/C17H24N2O3/c1-13-6-5-9-15(10-13)22-12-17(21)19-18-16(20)11-14-7-3-2-4-8-14/h5-6,9-10,14H,2-4,7-8,11-12H2,1H3,(H,18,20)(H,19,21). The van der Waals surface area contributed by atoms with Gasteiger partial charge < -0.3 is 4.74 Å². The summed E-state index contributed by atoms with van der Waals surface area (Å²) in [4.78, 5) is 23.4. The maximum Gasteiger partial charge on any atom is 0.276 e. The molecule has 2 rings (SSSR count). The van der Waals surface area contributed by atoms with Crippen molar-refractivity contribution in [1.82, 2.24) is 10.9 Å². The lowest BCUT2D eigenvalue weighted by atomic mass is 9.87. The second kappa shape index (κ2) is 8.41. The molecule has 0 radical (unpaired) electrons. The Hall–Kier alpha value is -2.04. The first-order chi connectivity index (χ1) is 10.6. The molecule has 0 atom stereocenters. The molecule has 2 amide bonds. The molecule has 0 unspecified atom stereocenters. The highest BCUT2D eigenvalue weighted by molar-refractivity contribution is 5.82. The smallest absolute Gasteiger partial charge is 0.276 e. The fraction of sp³-hybridized carbons (Fsp3) is 0.529. The molecule has 5 nitrogen and oxygen atoms in total. The van der Waals surface area contributed by atoms with Crippen LogP contribution in [0.15, 0.2) is 24.3 Å². The number of nitrogens with one attached hydrogen (secondary N) is 2. The molecule has 22 heavy (non-hydrogen) atoms. The molecule has 1 aromatic carbocycles. The Labute approximate surface area is 131 Å². The molecular formula is C17H24N2O3. The number of hydrogen-bond acceptors (Lipinski definition) is 3. The number of ether oxygens (including phenoxy) is 1. The van der Waals surface area contributed by atoms with Gasteiger partial charge in [0, 0.05) is 6.42 Å². The Morgan fingerprint density at radius 3 is 2.59 bits per heavy atom. The fourth-order valence-corrected chi connectivity index (χ4v) is 2.73. The Bertz CT molecular complexity index is 510. The van der Waals surface area contributed by atoms with Crippen molar-refractivity contribution in [2.24, 2.45) is 5.92 Å². The number of rotatable bonds is 5. The second-order valence-corrected chi connectivity index (χ2v) is 5.91. The minimum Gasteiger partial charge on any atom is -0.484 e. The molecule has 1 aliphatic rings. The highest BCUT2D eigenvalue weighted by Crippen LogP contribution is 2.25. The highest BCUT2D eigenvalue weighted by Gasteiger charge is 2.17. The van der Waals surface area contributed by atoms with Crippen molar-refractivity contribution in [2.45, 2.75) is 45.4 Å². The first kappa shape index (κ1) is 16.3. The van der Waals surface area contributed by atoms with Gasteiger partial charge in [-0.1, -0.05) is 31.4 Å². The number of aryl methyl sites for hydroxylation is 1. The Kier molecular flexibility index (Phi) is 6.25. The molecule has 0 spiro atoms. The van der Waals surface area contributed by atoms with Gasteiger partial charge in [-0.25, -0.2) is 0 Å². The lowest BCUT2D eigenvalue weighted by Crippen LogP contribution is -2.44. The van der Waals surface area contributed by atoms with Gasteiger partial charge >= 0.3 is 0 Å². The molecule has 1 aromatic rings. The molecular weight excluding hydrogens is 280 g/mol. The van der Waals surface area contributed by atoms with Crippen LogP contribution >= 0.6 is 0 Å². The van der Waals surface area contributed by atoms with E-state index in [2.05, 4.69) is 10.9 Å². The largest absolute Gasteiger partial charge is 0.484 e. The topological polar surface area (TPSA) is 67.4 Å². The molecule has 0 aromatic heterocycles. The van der Waals surface area contributed by atoms with Crippen molar-refractivity contribution < 1.29 is 14.3 Å². The van der Waals surface area contributed by atoms with Crippen LogP contribution in [0, 0.1) is 12.8 Å². The summed E-state index contributed by atoms with van der Waals surface area (Å²) in [6, 6.07) is 7.48. The van der Waals surface area contributed by atoms with E-state index >= 15 is 0 Å². The quantitative estimate of drug-likeness (QED) is 0.821. The molecule has 1 fully saturated rings. The van der Waals surface area contributed by atoms with Gasteiger partial charge in [0.1, 0.15) is 5.75 Å². The second-order valence-electron chi connectivity index (χ2n) is 5.91. The molecule has 1 saturated carbocycles. The lowest BCUT2D eigenvalue weighted by Gasteiger charge is -2.20.